The SMILES string of the molecule is C[C@H]1O[C@@H](Nc2ccccc2)[C@@H](O)[C@@H](O)[C@H]1O. The minimum Gasteiger partial charge on any atom is -0.388 e. The summed E-state index contributed by atoms with van der Waals surface area (Å²) >= 11 is 0. The van der Waals surface area contributed by atoms with E-state index >= 15 is 0 Å². The zero-order valence-corrected chi connectivity index (χ0v) is 9.52. The van der Waals surface area contributed by atoms with E-state index in [0.29, 0.717) is 0 Å². The summed E-state index contributed by atoms with van der Waals surface area (Å²) in [5.74, 6) is 0. The summed E-state index contributed by atoms with van der Waals surface area (Å²) in [7, 11) is 0. The van der Waals surface area contributed by atoms with Crippen molar-refractivity contribution in [2.75, 3.05) is 5.32 Å². The Balaban J connectivity index is 2.06. The maximum Gasteiger partial charge on any atom is 0.157 e. The molecule has 0 unspecified atom stereocenters. The largest absolute Gasteiger partial charge is 0.388 e. The highest BCUT2D eigenvalue weighted by Gasteiger charge is 2.41. The highest BCUT2D eigenvalue weighted by atomic mass is 16.5. The first-order chi connectivity index (χ1) is 8.09. The third kappa shape index (κ3) is 2.58. The van der Waals surface area contributed by atoms with Gasteiger partial charge < -0.3 is 25.4 Å². The van der Waals surface area contributed by atoms with Crippen molar-refractivity contribution in [1.29, 1.82) is 0 Å². The minimum atomic E-state index is -1.21. The standard InChI is InChI=1S/C12H17NO4/c1-7-9(14)10(15)11(16)12(17-7)13-8-5-3-2-4-6-8/h2-7,9-16H,1H3/t7-,9+,10+,11+,12-/m1/s1. The van der Waals surface area contributed by atoms with E-state index in [2.05, 4.69) is 5.32 Å². The lowest BCUT2D eigenvalue weighted by Crippen LogP contribution is -2.58. The van der Waals surface area contributed by atoms with Crippen molar-refractivity contribution < 1.29 is 20.1 Å². The number of ether oxygens (including phenoxy) is 1. The molecule has 0 radical (unpaired) electrons. The zero-order chi connectivity index (χ0) is 12.4. The van der Waals surface area contributed by atoms with E-state index in [9.17, 15) is 15.3 Å². The van der Waals surface area contributed by atoms with Gasteiger partial charge in [-0.05, 0) is 19.1 Å². The second-order valence-corrected chi connectivity index (χ2v) is 4.24. The van der Waals surface area contributed by atoms with Crippen LogP contribution in [0.4, 0.5) is 5.69 Å². The normalized spacial score (nSPS) is 37.8. The fourth-order valence-corrected chi connectivity index (χ4v) is 1.87. The van der Waals surface area contributed by atoms with Crippen molar-refractivity contribution in [3.05, 3.63) is 30.3 Å². The van der Waals surface area contributed by atoms with Gasteiger partial charge in [0.1, 0.15) is 18.3 Å². The molecular weight excluding hydrogens is 222 g/mol. The molecule has 1 fully saturated rings. The van der Waals surface area contributed by atoms with Gasteiger partial charge in [-0.15, -0.1) is 0 Å². The Kier molecular flexibility index (Phi) is 3.63. The number of benzene rings is 1. The Hall–Kier alpha value is -1.14. The molecule has 1 heterocycles. The van der Waals surface area contributed by atoms with Gasteiger partial charge in [0.25, 0.3) is 0 Å². The van der Waals surface area contributed by atoms with Crippen LogP contribution < -0.4 is 5.32 Å². The molecule has 0 aromatic heterocycles. The maximum absolute atomic E-state index is 9.79. The fourth-order valence-electron chi connectivity index (χ4n) is 1.87. The molecule has 5 heteroatoms. The van der Waals surface area contributed by atoms with Crippen LogP contribution in [-0.4, -0.2) is 46.0 Å². The lowest BCUT2D eigenvalue weighted by Gasteiger charge is -2.39. The van der Waals surface area contributed by atoms with Crippen molar-refractivity contribution in [3.63, 3.8) is 0 Å². The van der Waals surface area contributed by atoms with E-state index in [1.165, 1.54) is 0 Å². The monoisotopic (exact) mass is 239 g/mol. The van der Waals surface area contributed by atoms with Crippen molar-refractivity contribution in [2.45, 2.75) is 37.6 Å². The molecule has 5 nitrogen and oxygen atoms in total. The molecule has 0 spiro atoms. The van der Waals surface area contributed by atoms with E-state index in [1.54, 1.807) is 6.92 Å². The highest BCUT2D eigenvalue weighted by Crippen LogP contribution is 2.22. The summed E-state index contributed by atoms with van der Waals surface area (Å²) in [6.07, 6.45) is -4.71. The van der Waals surface area contributed by atoms with Gasteiger partial charge in [-0.2, -0.15) is 0 Å². The summed E-state index contributed by atoms with van der Waals surface area (Å²) in [6.45, 7) is 1.65. The molecule has 1 aliphatic heterocycles. The molecule has 0 amide bonds. The third-order valence-electron chi connectivity index (χ3n) is 2.93. The van der Waals surface area contributed by atoms with Crippen LogP contribution in [0.25, 0.3) is 0 Å². The lowest BCUT2D eigenvalue weighted by atomic mass is 9.99. The molecular formula is C12H17NO4. The van der Waals surface area contributed by atoms with Gasteiger partial charge in [0.15, 0.2) is 6.23 Å². The summed E-state index contributed by atoms with van der Waals surface area (Å²) in [5, 5.41) is 31.9. The molecule has 1 aliphatic rings. The molecule has 1 aromatic carbocycles. The third-order valence-corrected chi connectivity index (χ3v) is 2.93. The van der Waals surface area contributed by atoms with Gasteiger partial charge in [0.05, 0.1) is 6.10 Å². The number of anilines is 1. The number of hydrogen-bond donors (Lipinski definition) is 4. The summed E-state index contributed by atoms with van der Waals surface area (Å²) in [5.41, 5.74) is 0.785. The predicted octanol–water partition coefficient (Wildman–Crippen LogP) is -0.0740. The molecule has 5 atom stereocenters. The Bertz CT molecular complexity index is 359. The molecule has 94 valence electrons. The van der Waals surface area contributed by atoms with E-state index in [4.69, 9.17) is 4.74 Å². The Morgan fingerprint density at radius 2 is 1.65 bits per heavy atom. The molecule has 4 N–H and O–H groups in total. The van der Waals surface area contributed by atoms with Crippen LogP contribution in [-0.2, 0) is 4.74 Å². The van der Waals surface area contributed by atoms with Crippen LogP contribution >= 0.6 is 0 Å². The van der Waals surface area contributed by atoms with Crippen LogP contribution in [0.3, 0.4) is 0 Å². The Morgan fingerprint density at radius 3 is 2.29 bits per heavy atom. The fraction of sp³-hybridized carbons (Fsp3) is 0.500. The van der Waals surface area contributed by atoms with Crippen molar-refractivity contribution in [3.8, 4) is 0 Å². The summed E-state index contributed by atoms with van der Waals surface area (Å²) in [4.78, 5) is 0. The van der Waals surface area contributed by atoms with Crippen LogP contribution in [0.15, 0.2) is 30.3 Å². The highest BCUT2D eigenvalue weighted by molar-refractivity contribution is 5.43. The molecule has 17 heavy (non-hydrogen) atoms. The first kappa shape index (κ1) is 12.3. The van der Waals surface area contributed by atoms with Gasteiger partial charge >= 0.3 is 0 Å². The van der Waals surface area contributed by atoms with E-state index < -0.39 is 30.6 Å². The number of hydrogen-bond acceptors (Lipinski definition) is 5. The number of nitrogens with one attached hydrogen (secondary N) is 1. The second-order valence-electron chi connectivity index (χ2n) is 4.24. The molecule has 1 saturated heterocycles. The summed E-state index contributed by atoms with van der Waals surface area (Å²) < 4.78 is 5.41. The van der Waals surface area contributed by atoms with Crippen molar-refractivity contribution in [2.24, 2.45) is 0 Å². The van der Waals surface area contributed by atoms with Crippen molar-refractivity contribution in [1.82, 2.24) is 0 Å². The zero-order valence-electron chi connectivity index (χ0n) is 9.52. The molecule has 1 aromatic rings. The number of para-hydroxylation sites is 1. The van der Waals surface area contributed by atoms with Crippen molar-refractivity contribution >= 4 is 5.69 Å². The average Bonchev–Trinajstić information content (AvgIpc) is 2.35. The second kappa shape index (κ2) is 5.01. The predicted molar refractivity (Wildman–Crippen MR) is 62.4 cm³/mol. The van der Waals surface area contributed by atoms with Gasteiger partial charge in [-0.3, -0.25) is 0 Å². The quantitative estimate of drug-likeness (QED) is 0.580. The van der Waals surface area contributed by atoms with Crippen LogP contribution in [0.1, 0.15) is 6.92 Å². The molecule has 0 aliphatic carbocycles. The molecule has 2 rings (SSSR count). The topological polar surface area (TPSA) is 82.0 Å². The smallest absolute Gasteiger partial charge is 0.157 e. The number of rotatable bonds is 2. The van der Waals surface area contributed by atoms with E-state index in [-0.39, 0.29) is 0 Å². The Morgan fingerprint density at radius 1 is 1.00 bits per heavy atom. The van der Waals surface area contributed by atoms with Crippen LogP contribution in [0.2, 0.25) is 0 Å². The number of aliphatic hydroxyl groups excluding tert-OH is 3. The number of aliphatic hydroxyl groups is 3. The van der Waals surface area contributed by atoms with Crippen LogP contribution in [0.5, 0.6) is 0 Å². The van der Waals surface area contributed by atoms with Gasteiger partial charge in [0.2, 0.25) is 0 Å². The maximum atomic E-state index is 9.79. The molecule has 0 saturated carbocycles. The summed E-state index contributed by atoms with van der Waals surface area (Å²) in [6, 6.07) is 9.25. The molecule has 0 bridgehead atoms. The van der Waals surface area contributed by atoms with Gasteiger partial charge in [0, 0.05) is 5.69 Å². The van der Waals surface area contributed by atoms with Crippen LogP contribution in [0, 0.1) is 0 Å². The first-order valence-electron chi connectivity index (χ1n) is 5.61. The lowest BCUT2D eigenvalue weighted by molar-refractivity contribution is -0.209. The van der Waals surface area contributed by atoms with Gasteiger partial charge in [-0.25, -0.2) is 0 Å². The Labute approximate surface area is 99.7 Å². The average molecular weight is 239 g/mol. The van der Waals surface area contributed by atoms with E-state index in [1.807, 2.05) is 30.3 Å². The first-order valence-corrected chi connectivity index (χ1v) is 5.61. The van der Waals surface area contributed by atoms with E-state index in [0.717, 1.165) is 5.69 Å². The minimum absolute atomic E-state index is 0.533. The van der Waals surface area contributed by atoms with Gasteiger partial charge in [-0.1, -0.05) is 18.2 Å².